The summed E-state index contributed by atoms with van der Waals surface area (Å²) in [6, 6.07) is 4.38. The number of rotatable bonds is 2. The van der Waals surface area contributed by atoms with Gasteiger partial charge in [-0.2, -0.15) is 0 Å². The molecule has 0 unspecified atom stereocenters. The number of phenolic OH excluding ortho intramolecular Hbond substituents is 1. The molecule has 0 aliphatic rings. The van der Waals surface area contributed by atoms with E-state index in [1.807, 2.05) is 6.92 Å². The molecule has 84 valence electrons. The third-order valence-electron chi connectivity index (χ3n) is 2.33. The van der Waals surface area contributed by atoms with Gasteiger partial charge in [-0.1, -0.05) is 12.1 Å². The van der Waals surface area contributed by atoms with Gasteiger partial charge in [0.25, 0.3) is 0 Å². The lowest BCUT2D eigenvalue weighted by Gasteiger charge is -2.04. The Morgan fingerprint density at radius 1 is 1.44 bits per heavy atom. The predicted molar refractivity (Wildman–Crippen MR) is 57.4 cm³/mol. The van der Waals surface area contributed by atoms with E-state index in [1.54, 1.807) is 6.07 Å². The monoisotopic (exact) mass is 222 g/mol. The SMILES string of the molecule is CCc1cc(F)c(O)c(-c2cc(N)no2)c1. The molecule has 4 nitrogen and oxygen atoms in total. The van der Waals surface area contributed by atoms with Crippen LogP contribution >= 0.6 is 0 Å². The summed E-state index contributed by atoms with van der Waals surface area (Å²) < 4.78 is 18.3. The van der Waals surface area contributed by atoms with Crippen LogP contribution in [0.15, 0.2) is 22.7 Å². The molecule has 0 aliphatic heterocycles. The van der Waals surface area contributed by atoms with Crippen molar-refractivity contribution in [3.05, 3.63) is 29.6 Å². The summed E-state index contributed by atoms with van der Waals surface area (Å²) in [7, 11) is 0. The molecule has 1 heterocycles. The van der Waals surface area contributed by atoms with Crippen molar-refractivity contribution in [2.24, 2.45) is 0 Å². The third-order valence-corrected chi connectivity index (χ3v) is 2.33. The average Bonchev–Trinajstić information content (AvgIpc) is 2.68. The third kappa shape index (κ3) is 1.71. The first-order chi connectivity index (χ1) is 7.61. The fourth-order valence-corrected chi connectivity index (χ4v) is 1.46. The van der Waals surface area contributed by atoms with Gasteiger partial charge in [-0.25, -0.2) is 4.39 Å². The molecule has 0 saturated heterocycles. The Balaban J connectivity index is 2.59. The second-order valence-corrected chi connectivity index (χ2v) is 3.44. The van der Waals surface area contributed by atoms with Gasteiger partial charge in [0.05, 0.1) is 5.56 Å². The predicted octanol–water partition coefficient (Wildman–Crippen LogP) is 2.33. The van der Waals surface area contributed by atoms with E-state index in [1.165, 1.54) is 12.1 Å². The number of hydrogen-bond donors (Lipinski definition) is 2. The molecule has 0 bridgehead atoms. The fraction of sp³-hybridized carbons (Fsp3) is 0.182. The smallest absolute Gasteiger partial charge is 0.172 e. The first-order valence-corrected chi connectivity index (χ1v) is 4.85. The van der Waals surface area contributed by atoms with Crippen LogP contribution in [0.3, 0.4) is 0 Å². The summed E-state index contributed by atoms with van der Waals surface area (Å²) >= 11 is 0. The second kappa shape index (κ2) is 3.84. The number of anilines is 1. The standard InChI is InChI=1S/C11H11FN2O2/c1-2-6-3-7(11(15)8(12)4-6)9-5-10(13)14-16-9/h3-5,15H,2H2,1H3,(H2,13,14). The number of nitrogen functional groups attached to an aromatic ring is 1. The lowest BCUT2D eigenvalue weighted by atomic mass is 10.1. The van der Waals surface area contributed by atoms with Crippen LogP contribution in [0.5, 0.6) is 5.75 Å². The van der Waals surface area contributed by atoms with Crippen molar-refractivity contribution in [1.29, 1.82) is 0 Å². The minimum absolute atomic E-state index is 0.191. The molecule has 0 aliphatic carbocycles. The summed E-state index contributed by atoms with van der Waals surface area (Å²) in [5, 5.41) is 13.1. The van der Waals surface area contributed by atoms with Crippen molar-refractivity contribution < 1.29 is 14.0 Å². The molecule has 0 atom stereocenters. The molecule has 16 heavy (non-hydrogen) atoms. The molecular weight excluding hydrogens is 211 g/mol. The van der Waals surface area contributed by atoms with Crippen molar-refractivity contribution in [1.82, 2.24) is 5.16 Å². The average molecular weight is 222 g/mol. The number of aromatic nitrogens is 1. The molecule has 1 aromatic carbocycles. The summed E-state index contributed by atoms with van der Waals surface area (Å²) in [6.45, 7) is 1.89. The van der Waals surface area contributed by atoms with Crippen molar-refractivity contribution in [3.63, 3.8) is 0 Å². The largest absolute Gasteiger partial charge is 0.504 e. The minimum Gasteiger partial charge on any atom is -0.504 e. The Morgan fingerprint density at radius 2 is 2.19 bits per heavy atom. The first-order valence-electron chi connectivity index (χ1n) is 4.85. The van der Waals surface area contributed by atoms with Gasteiger partial charge in [-0.15, -0.1) is 0 Å². The Kier molecular flexibility index (Phi) is 2.52. The maximum Gasteiger partial charge on any atom is 0.172 e. The number of aryl methyl sites for hydroxylation is 1. The van der Waals surface area contributed by atoms with Gasteiger partial charge < -0.3 is 15.4 Å². The van der Waals surface area contributed by atoms with Gasteiger partial charge in [0, 0.05) is 6.07 Å². The number of nitrogens with zero attached hydrogens (tertiary/aromatic N) is 1. The highest BCUT2D eigenvalue weighted by Gasteiger charge is 2.14. The summed E-state index contributed by atoms with van der Waals surface area (Å²) in [5.41, 5.74) is 6.42. The first kappa shape index (κ1) is 10.5. The molecule has 3 N–H and O–H groups in total. The Hall–Kier alpha value is -2.04. The number of halogens is 1. The Labute approximate surface area is 91.5 Å². The van der Waals surface area contributed by atoms with Crippen molar-refractivity contribution in [3.8, 4) is 17.1 Å². The Morgan fingerprint density at radius 3 is 2.75 bits per heavy atom. The van der Waals surface area contributed by atoms with Crippen LogP contribution in [0.2, 0.25) is 0 Å². The van der Waals surface area contributed by atoms with E-state index in [9.17, 15) is 9.50 Å². The van der Waals surface area contributed by atoms with E-state index in [4.69, 9.17) is 10.3 Å². The summed E-state index contributed by atoms with van der Waals surface area (Å²) in [4.78, 5) is 0. The van der Waals surface area contributed by atoms with E-state index in [2.05, 4.69) is 5.16 Å². The van der Waals surface area contributed by atoms with Crippen molar-refractivity contribution in [2.75, 3.05) is 5.73 Å². The number of phenols is 1. The molecule has 0 fully saturated rings. The molecule has 2 rings (SSSR count). The molecule has 2 aromatic rings. The van der Waals surface area contributed by atoms with Gasteiger partial charge >= 0.3 is 0 Å². The van der Waals surface area contributed by atoms with Gasteiger partial charge in [0.2, 0.25) is 0 Å². The summed E-state index contributed by atoms with van der Waals surface area (Å²) in [6.07, 6.45) is 0.661. The molecule has 0 saturated carbocycles. The molecular formula is C11H11FN2O2. The number of nitrogens with two attached hydrogens (primary N) is 1. The molecule has 1 aromatic heterocycles. The highest BCUT2D eigenvalue weighted by atomic mass is 19.1. The van der Waals surface area contributed by atoms with Crippen LogP contribution in [0.1, 0.15) is 12.5 Å². The lowest BCUT2D eigenvalue weighted by Crippen LogP contribution is -1.88. The minimum atomic E-state index is -0.677. The van der Waals surface area contributed by atoms with Crippen molar-refractivity contribution >= 4 is 5.82 Å². The highest BCUT2D eigenvalue weighted by molar-refractivity contribution is 5.68. The van der Waals surface area contributed by atoms with Crippen LogP contribution in [0, 0.1) is 5.82 Å². The highest BCUT2D eigenvalue weighted by Crippen LogP contribution is 2.33. The maximum absolute atomic E-state index is 13.4. The van der Waals surface area contributed by atoms with Gasteiger partial charge in [-0.05, 0) is 24.1 Å². The van der Waals surface area contributed by atoms with E-state index in [0.717, 1.165) is 5.56 Å². The topological polar surface area (TPSA) is 72.3 Å². The quantitative estimate of drug-likeness (QED) is 0.817. The fourth-order valence-electron chi connectivity index (χ4n) is 1.46. The van der Waals surface area contributed by atoms with E-state index in [-0.39, 0.29) is 17.1 Å². The Bertz CT molecular complexity index is 523. The van der Waals surface area contributed by atoms with Crippen LogP contribution in [0.25, 0.3) is 11.3 Å². The zero-order valence-electron chi connectivity index (χ0n) is 8.70. The number of aromatic hydroxyl groups is 1. The molecule has 0 radical (unpaired) electrons. The summed E-state index contributed by atoms with van der Waals surface area (Å²) in [5.74, 6) is -0.682. The van der Waals surface area contributed by atoms with Crippen LogP contribution in [0.4, 0.5) is 10.2 Å². The van der Waals surface area contributed by atoms with E-state index < -0.39 is 11.6 Å². The zero-order valence-corrected chi connectivity index (χ0v) is 8.70. The van der Waals surface area contributed by atoms with Crippen LogP contribution in [-0.4, -0.2) is 10.3 Å². The van der Waals surface area contributed by atoms with E-state index >= 15 is 0 Å². The number of hydrogen-bond acceptors (Lipinski definition) is 4. The van der Waals surface area contributed by atoms with Crippen molar-refractivity contribution in [2.45, 2.75) is 13.3 Å². The molecule has 0 spiro atoms. The van der Waals surface area contributed by atoms with Gasteiger partial charge in [0.15, 0.2) is 23.1 Å². The van der Waals surface area contributed by atoms with Crippen LogP contribution in [-0.2, 0) is 6.42 Å². The molecule has 5 heteroatoms. The van der Waals surface area contributed by atoms with E-state index in [0.29, 0.717) is 6.42 Å². The van der Waals surface area contributed by atoms with Gasteiger partial charge in [-0.3, -0.25) is 0 Å². The molecule has 0 amide bonds. The normalized spacial score (nSPS) is 10.6. The van der Waals surface area contributed by atoms with Crippen LogP contribution < -0.4 is 5.73 Å². The van der Waals surface area contributed by atoms with Gasteiger partial charge in [0.1, 0.15) is 0 Å². The zero-order chi connectivity index (χ0) is 11.7. The lowest BCUT2D eigenvalue weighted by molar-refractivity contribution is 0.416. The maximum atomic E-state index is 13.4. The number of benzene rings is 1. The second-order valence-electron chi connectivity index (χ2n) is 3.44.